The molecular weight excluding hydrogens is 242 g/mol. The number of carbonyl (C=O) groups excluding carboxylic acids is 1. The van der Waals surface area contributed by atoms with Crippen LogP contribution in [-0.4, -0.2) is 24.8 Å². The van der Waals surface area contributed by atoms with Crippen molar-refractivity contribution in [2.75, 3.05) is 12.3 Å². The molecule has 2 rings (SSSR count). The number of anilines is 1. The molecule has 0 amide bonds. The van der Waals surface area contributed by atoms with Crippen LogP contribution in [0.25, 0.3) is 0 Å². The van der Waals surface area contributed by atoms with Gasteiger partial charge in [-0.15, -0.1) is 0 Å². The van der Waals surface area contributed by atoms with Gasteiger partial charge in [0.15, 0.2) is 0 Å². The van der Waals surface area contributed by atoms with E-state index in [2.05, 4.69) is 0 Å². The summed E-state index contributed by atoms with van der Waals surface area (Å²) in [6, 6.07) is 7.55. The molecule has 2 unspecified atom stereocenters. The highest BCUT2D eigenvalue weighted by Crippen LogP contribution is 2.19. The fourth-order valence-electron chi connectivity index (χ4n) is 2.20. The maximum Gasteiger partial charge on any atom is 0.306 e. The Morgan fingerprint density at radius 2 is 2.11 bits per heavy atom. The van der Waals surface area contributed by atoms with Crippen molar-refractivity contribution in [1.82, 2.24) is 0 Å². The Bertz CT molecular complexity index is 416. The van der Waals surface area contributed by atoms with Crippen LogP contribution in [-0.2, 0) is 20.7 Å². The number of aryl methyl sites for hydroxylation is 1. The van der Waals surface area contributed by atoms with Gasteiger partial charge in [0.1, 0.15) is 6.61 Å². The number of nitrogen functional groups attached to an aromatic ring is 1. The molecule has 0 spiro atoms. The molecule has 1 aliphatic rings. The van der Waals surface area contributed by atoms with Gasteiger partial charge in [-0.05, 0) is 43.9 Å². The van der Waals surface area contributed by atoms with Crippen LogP contribution in [0.3, 0.4) is 0 Å². The van der Waals surface area contributed by atoms with Crippen molar-refractivity contribution in [3.63, 3.8) is 0 Å². The maximum atomic E-state index is 11.6. The lowest BCUT2D eigenvalue weighted by Gasteiger charge is -2.11. The lowest BCUT2D eigenvalue weighted by Crippen LogP contribution is -2.19. The van der Waals surface area contributed by atoms with Gasteiger partial charge in [-0.1, -0.05) is 12.1 Å². The summed E-state index contributed by atoms with van der Waals surface area (Å²) in [5.41, 5.74) is 7.44. The van der Waals surface area contributed by atoms with E-state index in [1.54, 1.807) is 0 Å². The monoisotopic (exact) mass is 263 g/mol. The molecule has 2 atom stereocenters. The third-order valence-corrected chi connectivity index (χ3v) is 3.35. The predicted octanol–water partition coefficient (Wildman–Crippen LogP) is 2.31. The number of hydrogen-bond acceptors (Lipinski definition) is 4. The SMILES string of the molecule is CC1CCC(COC(=O)CCc2ccc(N)cc2)O1. The molecule has 0 bridgehead atoms. The molecule has 0 aromatic heterocycles. The number of hydrogen-bond donors (Lipinski definition) is 1. The zero-order chi connectivity index (χ0) is 13.7. The second kappa shape index (κ2) is 6.57. The Balaban J connectivity index is 1.65. The van der Waals surface area contributed by atoms with E-state index in [-0.39, 0.29) is 12.1 Å². The van der Waals surface area contributed by atoms with Gasteiger partial charge in [-0.2, -0.15) is 0 Å². The van der Waals surface area contributed by atoms with E-state index in [0.29, 0.717) is 25.6 Å². The number of benzene rings is 1. The van der Waals surface area contributed by atoms with Crippen molar-refractivity contribution in [2.45, 2.75) is 44.8 Å². The minimum absolute atomic E-state index is 0.0791. The van der Waals surface area contributed by atoms with E-state index >= 15 is 0 Å². The van der Waals surface area contributed by atoms with Crippen LogP contribution in [0.4, 0.5) is 5.69 Å². The highest BCUT2D eigenvalue weighted by atomic mass is 16.6. The quantitative estimate of drug-likeness (QED) is 0.654. The molecule has 0 aliphatic carbocycles. The van der Waals surface area contributed by atoms with Crippen molar-refractivity contribution in [3.05, 3.63) is 29.8 Å². The van der Waals surface area contributed by atoms with E-state index in [1.165, 1.54) is 0 Å². The van der Waals surface area contributed by atoms with Crippen molar-refractivity contribution >= 4 is 11.7 Å². The van der Waals surface area contributed by atoms with E-state index in [4.69, 9.17) is 15.2 Å². The number of esters is 1. The summed E-state index contributed by atoms with van der Waals surface area (Å²) in [4.78, 5) is 11.6. The van der Waals surface area contributed by atoms with Crippen LogP contribution in [0, 0.1) is 0 Å². The predicted molar refractivity (Wildman–Crippen MR) is 73.7 cm³/mol. The third kappa shape index (κ3) is 4.56. The van der Waals surface area contributed by atoms with Crippen molar-refractivity contribution in [2.24, 2.45) is 0 Å². The van der Waals surface area contributed by atoms with E-state index in [1.807, 2.05) is 31.2 Å². The minimum Gasteiger partial charge on any atom is -0.463 e. The lowest BCUT2D eigenvalue weighted by molar-refractivity contribution is -0.147. The van der Waals surface area contributed by atoms with Crippen LogP contribution >= 0.6 is 0 Å². The zero-order valence-corrected chi connectivity index (χ0v) is 11.3. The van der Waals surface area contributed by atoms with Crippen molar-refractivity contribution < 1.29 is 14.3 Å². The molecular formula is C15H21NO3. The normalized spacial score (nSPS) is 22.4. The van der Waals surface area contributed by atoms with Crippen molar-refractivity contribution in [3.8, 4) is 0 Å². The molecule has 1 aliphatic heterocycles. The second-order valence-electron chi connectivity index (χ2n) is 5.07. The van der Waals surface area contributed by atoms with Crippen LogP contribution in [0.5, 0.6) is 0 Å². The number of ether oxygens (including phenoxy) is 2. The lowest BCUT2D eigenvalue weighted by atomic mass is 10.1. The zero-order valence-electron chi connectivity index (χ0n) is 11.3. The Kier molecular flexibility index (Phi) is 4.80. The third-order valence-electron chi connectivity index (χ3n) is 3.35. The van der Waals surface area contributed by atoms with Crippen LogP contribution in [0.1, 0.15) is 31.7 Å². The van der Waals surface area contributed by atoms with E-state index in [9.17, 15) is 4.79 Å². The molecule has 1 aromatic rings. The summed E-state index contributed by atoms with van der Waals surface area (Å²) >= 11 is 0. The average Bonchev–Trinajstić information content (AvgIpc) is 2.81. The molecule has 19 heavy (non-hydrogen) atoms. The van der Waals surface area contributed by atoms with Crippen LogP contribution < -0.4 is 5.73 Å². The summed E-state index contributed by atoms with van der Waals surface area (Å²) in [6.45, 7) is 2.42. The van der Waals surface area contributed by atoms with Gasteiger partial charge in [0, 0.05) is 12.1 Å². The molecule has 0 saturated carbocycles. The Morgan fingerprint density at radius 3 is 2.74 bits per heavy atom. The van der Waals surface area contributed by atoms with Gasteiger partial charge >= 0.3 is 5.97 Å². The number of nitrogens with two attached hydrogens (primary N) is 1. The Hall–Kier alpha value is -1.55. The summed E-state index contributed by atoms with van der Waals surface area (Å²) in [7, 11) is 0. The number of rotatable bonds is 5. The summed E-state index contributed by atoms with van der Waals surface area (Å²) in [6.07, 6.45) is 3.47. The average molecular weight is 263 g/mol. The molecule has 1 saturated heterocycles. The molecule has 4 heteroatoms. The molecule has 0 radical (unpaired) electrons. The first-order valence-corrected chi connectivity index (χ1v) is 6.79. The smallest absolute Gasteiger partial charge is 0.306 e. The van der Waals surface area contributed by atoms with Gasteiger partial charge in [0.2, 0.25) is 0 Å². The number of carbonyl (C=O) groups is 1. The first-order chi connectivity index (χ1) is 9.13. The Labute approximate surface area is 113 Å². The molecule has 1 fully saturated rings. The first-order valence-electron chi connectivity index (χ1n) is 6.79. The molecule has 2 N–H and O–H groups in total. The van der Waals surface area contributed by atoms with Gasteiger partial charge in [-0.3, -0.25) is 4.79 Å². The van der Waals surface area contributed by atoms with Gasteiger partial charge in [0.05, 0.1) is 12.2 Å². The van der Waals surface area contributed by atoms with Gasteiger partial charge in [-0.25, -0.2) is 0 Å². The first kappa shape index (κ1) is 13.9. The van der Waals surface area contributed by atoms with E-state index < -0.39 is 0 Å². The fourth-order valence-corrected chi connectivity index (χ4v) is 2.20. The highest BCUT2D eigenvalue weighted by Gasteiger charge is 2.22. The molecule has 1 heterocycles. The van der Waals surface area contributed by atoms with E-state index in [0.717, 1.165) is 24.1 Å². The van der Waals surface area contributed by atoms with Crippen LogP contribution in [0.15, 0.2) is 24.3 Å². The Morgan fingerprint density at radius 1 is 1.37 bits per heavy atom. The maximum absolute atomic E-state index is 11.6. The summed E-state index contributed by atoms with van der Waals surface area (Å²) in [5, 5.41) is 0. The topological polar surface area (TPSA) is 61.5 Å². The van der Waals surface area contributed by atoms with Crippen molar-refractivity contribution in [1.29, 1.82) is 0 Å². The van der Waals surface area contributed by atoms with Crippen LogP contribution in [0.2, 0.25) is 0 Å². The second-order valence-corrected chi connectivity index (χ2v) is 5.07. The van der Waals surface area contributed by atoms with Gasteiger partial charge < -0.3 is 15.2 Å². The summed E-state index contributed by atoms with van der Waals surface area (Å²) < 4.78 is 10.8. The van der Waals surface area contributed by atoms with Gasteiger partial charge in [0.25, 0.3) is 0 Å². The standard InChI is InChI=1S/C15H21NO3/c1-11-2-8-14(19-11)10-18-15(17)9-5-12-3-6-13(16)7-4-12/h3-4,6-7,11,14H,2,5,8-10,16H2,1H3. The highest BCUT2D eigenvalue weighted by molar-refractivity contribution is 5.69. The largest absolute Gasteiger partial charge is 0.463 e. The molecule has 1 aromatic carbocycles. The summed E-state index contributed by atoms with van der Waals surface area (Å²) in [5.74, 6) is -0.167. The molecule has 4 nitrogen and oxygen atoms in total. The molecule has 104 valence electrons. The minimum atomic E-state index is -0.167. The fraction of sp³-hybridized carbons (Fsp3) is 0.533.